The average Bonchev–Trinajstić information content (AvgIpc) is 2.82. The van der Waals surface area contributed by atoms with Crippen LogP contribution >= 0.6 is 11.3 Å². The maximum atomic E-state index is 5.51. The minimum atomic E-state index is 0.765. The van der Waals surface area contributed by atoms with Crippen LogP contribution in [0, 0.1) is 5.92 Å². The lowest BCUT2D eigenvalue weighted by atomic mass is 10.1. The second-order valence-electron chi connectivity index (χ2n) is 3.49. The Labute approximate surface area is 83.3 Å². The van der Waals surface area contributed by atoms with Gasteiger partial charge in [0.1, 0.15) is 0 Å². The molecular formula is C11H15NS. The molecule has 1 saturated carbocycles. The molecule has 0 radical (unpaired) electrons. The third kappa shape index (κ3) is 2.20. The molecule has 0 spiro atoms. The first-order valence-electron chi connectivity index (χ1n) is 4.86. The van der Waals surface area contributed by atoms with Gasteiger partial charge in [-0.05, 0) is 48.7 Å². The van der Waals surface area contributed by atoms with E-state index in [2.05, 4.69) is 23.6 Å². The van der Waals surface area contributed by atoms with Crippen molar-refractivity contribution in [2.45, 2.75) is 19.3 Å². The van der Waals surface area contributed by atoms with Gasteiger partial charge in [0.25, 0.3) is 0 Å². The largest absolute Gasteiger partial charge is 0.330 e. The average molecular weight is 193 g/mol. The van der Waals surface area contributed by atoms with E-state index in [-0.39, 0.29) is 0 Å². The monoisotopic (exact) mass is 193 g/mol. The summed E-state index contributed by atoms with van der Waals surface area (Å²) in [6.45, 7) is 0.765. The topological polar surface area (TPSA) is 26.0 Å². The number of thiophene rings is 1. The van der Waals surface area contributed by atoms with Crippen LogP contribution in [0.25, 0.3) is 5.57 Å². The van der Waals surface area contributed by atoms with E-state index in [1.54, 1.807) is 5.57 Å². The number of hydrogen-bond donors (Lipinski definition) is 1. The van der Waals surface area contributed by atoms with E-state index in [9.17, 15) is 0 Å². The molecule has 0 saturated heterocycles. The van der Waals surface area contributed by atoms with Gasteiger partial charge >= 0.3 is 0 Å². The lowest BCUT2D eigenvalue weighted by molar-refractivity contribution is 0.997. The quantitative estimate of drug-likeness (QED) is 0.781. The van der Waals surface area contributed by atoms with Crippen molar-refractivity contribution in [2.75, 3.05) is 6.54 Å². The summed E-state index contributed by atoms with van der Waals surface area (Å²) in [5, 5.41) is 2.15. The van der Waals surface area contributed by atoms with Gasteiger partial charge in [-0.25, -0.2) is 0 Å². The Morgan fingerprint density at radius 2 is 2.46 bits per heavy atom. The molecule has 1 aromatic heterocycles. The van der Waals surface area contributed by atoms with Gasteiger partial charge in [-0.2, -0.15) is 0 Å². The van der Waals surface area contributed by atoms with Crippen LogP contribution in [0.15, 0.2) is 23.6 Å². The van der Waals surface area contributed by atoms with Crippen LogP contribution < -0.4 is 5.73 Å². The smallest absolute Gasteiger partial charge is 0.0301 e. The molecule has 1 aliphatic rings. The summed E-state index contributed by atoms with van der Waals surface area (Å²) in [6.07, 6.45) is 6.08. The SMILES string of the molecule is NCCC=C(c1cccs1)C1CC1. The standard InChI is InChI=1S/C11H15NS/c12-7-1-3-10(9-5-6-9)11-4-2-8-13-11/h2-4,8-9H,1,5-7,12H2. The van der Waals surface area contributed by atoms with Crippen LogP contribution in [0.2, 0.25) is 0 Å². The van der Waals surface area contributed by atoms with Crippen molar-refractivity contribution in [1.82, 2.24) is 0 Å². The molecule has 2 heteroatoms. The van der Waals surface area contributed by atoms with Crippen LogP contribution in [0.5, 0.6) is 0 Å². The summed E-state index contributed by atoms with van der Waals surface area (Å²) < 4.78 is 0. The number of nitrogens with two attached hydrogens (primary N) is 1. The molecule has 1 aliphatic carbocycles. The van der Waals surface area contributed by atoms with E-state index in [0.29, 0.717) is 0 Å². The van der Waals surface area contributed by atoms with E-state index in [1.807, 2.05) is 11.3 Å². The van der Waals surface area contributed by atoms with Crippen LogP contribution in [-0.4, -0.2) is 6.54 Å². The van der Waals surface area contributed by atoms with Gasteiger partial charge in [0.15, 0.2) is 0 Å². The van der Waals surface area contributed by atoms with Gasteiger partial charge in [-0.3, -0.25) is 0 Å². The first-order chi connectivity index (χ1) is 6.42. The predicted molar refractivity (Wildman–Crippen MR) is 58.7 cm³/mol. The Hall–Kier alpha value is -0.600. The first-order valence-corrected chi connectivity index (χ1v) is 5.74. The van der Waals surface area contributed by atoms with E-state index >= 15 is 0 Å². The zero-order chi connectivity index (χ0) is 9.10. The molecule has 0 aromatic carbocycles. The zero-order valence-electron chi connectivity index (χ0n) is 7.70. The maximum Gasteiger partial charge on any atom is 0.0301 e. The van der Waals surface area contributed by atoms with Gasteiger partial charge in [-0.1, -0.05) is 12.1 Å². The first kappa shape index (κ1) is 8.97. The molecule has 2 N–H and O–H groups in total. The van der Waals surface area contributed by atoms with Gasteiger partial charge in [-0.15, -0.1) is 11.3 Å². The molecule has 0 aliphatic heterocycles. The Bertz CT molecular complexity index is 283. The van der Waals surface area contributed by atoms with Crippen molar-refractivity contribution in [3.8, 4) is 0 Å². The van der Waals surface area contributed by atoms with Crippen LogP contribution in [0.4, 0.5) is 0 Å². The molecule has 1 fully saturated rings. The summed E-state index contributed by atoms with van der Waals surface area (Å²) in [7, 11) is 0. The van der Waals surface area contributed by atoms with E-state index < -0.39 is 0 Å². The highest BCUT2D eigenvalue weighted by molar-refractivity contribution is 7.11. The molecular weight excluding hydrogens is 178 g/mol. The highest BCUT2D eigenvalue weighted by atomic mass is 32.1. The molecule has 1 aromatic rings. The van der Waals surface area contributed by atoms with Crippen molar-refractivity contribution in [1.29, 1.82) is 0 Å². The minimum Gasteiger partial charge on any atom is -0.330 e. The maximum absolute atomic E-state index is 5.51. The van der Waals surface area contributed by atoms with Crippen LogP contribution in [-0.2, 0) is 0 Å². The number of rotatable bonds is 4. The predicted octanol–water partition coefficient (Wildman–Crippen LogP) is 2.89. The van der Waals surface area contributed by atoms with Crippen LogP contribution in [0.3, 0.4) is 0 Å². The summed E-state index contributed by atoms with van der Waals surface area (Å²) >= 11 is 1.84. The molecule has 0 atom stereocenters. The minimum absolute atomic E-state index is 0.765. The molecule has 70 valence electrons. The summed E-state index contributed by atoms with van der Waals surface area (Å²) in [5.41, 5.74) is 7.05. The fraction of sp³-hybridized carbons (Fsp3) is 0.455. The summed E-state index contributed by atoms with van der Waals surface area (Å²) in [6, 6.07) is 4.34. The van der Waals surface area contributed by atoms with Gasteiger partial charge in [0.2, 0.25) is 0 Å². The Morgan fingerprint density at radius 3 is 3.00 bits per heavy atom. The molecule has 1 nitrogen and oxygen atoms in total. The van der Waals surface area contributed by atoms with E-state index in [1.165, 1.54) is 17.7 Å². The van der Waals surface area contributed by atoms with Crippen molar-refractivity contribution in [3.63, 3.8) is 0 Å². The van der Waals surface area contributed by atoms with Crippen molar-refractivity contribution in [3.05, 3.63) is 28.5 Å². The number of hydrogen-bond acceptors (Lipinski definition) is 2. The molecule has 0 unspecified atom stereocenters. The fourth-order valence-corrected chi connectivity index (χ4v) is 2.39. The van der Waals surface area contributed by atoms with Crippen LogP contribution in [0.1, 0.15) is 24.1 Å². The molecule has 13 heavy (non-hydrogen) atoms. The summed E-state index contributed by atoms with van der Waals surface area (Å²) in [4.78, 5) is 1.44. The normalized spacial score (nSPS) is 17.8. The lowest BCUT2D eigenvalue weighted by Gasteiger charge is -2.01. The third-order valence-electron chi connectivity index (χ3n) is 2.35. The zero-order valence-corrected chi connectivity index (χ0v) is 8.52. The molecule has 2 rings (SSSR count). The second-order valence-corrected chi connectivity index (χ2v) is 4.44. The molecule has 0 amide bonds. The Balaban J connectivity index is 2.14. The fourth-order valence-electron chi connectivity index (χ4n) is 1.54. The van der Waals surface area contributed by atoms with Crippen molar-refractivity contribution >= 4 is 16.9 Å². The highest BCUT2D eigenvalue weighted by Crippen LogP contribution is 2.43. The number of allylic oxidation sites excluding steroid dienone is 1. The van der Waals surface area contributed by atoms with Gasteiger partial charge < -0.3 is 5.73 Å². The van der Waals surface area contributed by atoms with E-state index in [0.717, 1.165) is 18.9 Å². The Morgan fingerprint density at radius 1 is 1.62 bits per heavy atom. The third-order valence-corrected chi connectivity index (χ3v) is 3.27. The second kappa shape index (κ2) is 4.07. The molecule has 0 bridgehead atoms. The summed E-state index contributed by atoms with van der Waals surface area (Å²) in [5.74, 6) is 0.838. The van der Waals surface area contributed by atoms with E-state index in [4.69, 9.17) is 5.73 Å². The molecule has 1 heterocycles. The van der Waals surface area contributed by atoms with Crippen molar-refractivity contribution in [2.24, 2.45) is 11.7 Å². The van der Waals surface area contributed by atoms with Gasteiger partial charge in [0.05, 0.1) is 0 Å². The Kier molecular flexibility index (Phi) is 2.81. The van der Waals surface area contributed by atoms with Gasteiger partial charge in [0, 0.05) is 4.88 Å². The van der Waals surface area contributed by atoms with Crippen molar-refractivity contribution < 1.29 is 0 Å². The lowest BCUT2D eigenvalue weighted by Crippen LogP contribution is -1.96. The highest BCUT2D eigenvalue weighted by Gasteiger charge is 2.26.